The highest BCUT2D eigenvalue weighted by molar-refractivity contribution is 5.28. The van der Waals surface area contributed by atoms with Gasteiger partial charge in [-0.2, -0.15) is 0 Å². The van der Waals surface area contributed by atoms with Crippen LogP contribution < -0.4 is 5.73 Å². The predicted molar refractivity (Wildman–Crippen MR) is 49.7 cm³/mol. The van der Waals surface area contributed by atoms with Gasteiger partial charge in [0, 0.05) is 23.8 Å². The Hall–Kier alpha value is -1.00. The second-order valence-electron chi connectivity index (χ2n) is 3.19. The molecular formula is C10H13F2NO. The Labute approximate surface area is 81.4 Å². The van der Waals surface area contributed by atoms with E-state index in [9.17, 15) is 8.78 Å². The molecule has 0 aliphatic heterocycles. The molecular weight excluding hydrogens is 188 g/mol. The number of aliphatic hydroxyl groups is 1. The number of rotatable bonds is 3. The molecule has 0 saturated carbocycles. The Morgan fingerprint density at radius 2 is 2.07 bits per heavy atom. The van der Waals surface area contributed by atoms with Crippen molar-refractivity contribution < 1.29 is 13.9 Å². The van der Waals surface area contributed by atoms with Crippen LogP contribution in [0, 0.1) is 18.6 Å². The van der Waals surface area contributed by atoms with E-state index in [4.69, 9.17) is 10.8 Å². The molecule has 1 unspecified atom stereocenters. The summed E-state index contributed by atoms with van der Waals surface area (Å²) in [5, 5.41) is 8.64. The Morgan fingerprint density at radius 1 is 1.43 bits per heavy atom. The highest BCUT2D eigenvalue weighted by atomic mass is 19.1. The molecule has 0 saturated heterocycles. The van der Waals surface area contributed by atoms with Crippen molar-refractivity contribution in [2.45, 2.75) is 19.4 Å². The molecule has 3 N–H and O–H groups in total. The predicted octanol–water partition coefficient (Wildman–Crippen LogP) is 1.66. The number of nitrogens with two attached hydrogens (primary N) is 1. The maximum absolute atomic E-state index is 13.4. The maximum atomic E-state index is 13.4. The minimum Gasteiger partial charge on any atom is -0.396 e. The standard InChI is InChI=1S/C10H13F2NO/c1-6-8(11)3-2-7(10(6)12)9(13)4-5-14/h2-3,9,14H,4-5,13H2,1H3. The molecule has 1 aromatic carbocycles. The van der Waals surface area contributed by atoms with Crippen molar-refractivity contribution in [2.75, 3.05) is 6.61 Å². The van der Waals surface area contributed by atoms with Crippen molar-refractivity contribution in [3.05, 3.63) is 34.9 Å². The molecule has 0 amide bonds. The topological polar surface area (TPSA) is 46.2 Å². The smallest absolute Gasteiger partial charge is 0.133 e. The third-order valence-electron chi connectivity index (χ3n) is 2.19. The van der Waals surface area contributed by atoms with Gasteiger partial charge in [0.15, 0.2) is 0 Å². The van der Waals surface area contributed by atoms with Crippen molar-refractivity contribution in [1.29, 1.82) is 0 Å². The monoisotopic (exact) mass is 201 g/mol. The van der Waals surface area contributed by atoms with E-state index in [1.165, 1.54) is 19.1 Å². The summed E-state index contributed by atoms with van der Waals surface area (Å²) in [7, 11) is 0. The van der Waals surface area contributed by atoms with Crippen LogP contribution in [-0.4, -0.2) is 11.7 Å². The molecule has 0 aliphatic rings. The van der Waals surface area contributed by atoms with E-state index in [0.29, 0.717) is 0 Å². The zero-order valence-electron chi connectivity index (χ0n) is 7.93. The summed E-state index contributed by atoms with van der Waals surface area (Å²) in [6.07, 6.45) is 0.266. The first-order valence-electron chi connectivity index (χ1n) is 4.39. The van der Waals surface area contributed by atoms with E-state index in [1.54, 1.807) is 0 Å². The fraction of sp³-hybridized carbons (Fsp3) is 0.400. The van der Waals surface area contributed by atoms with Crippen molar-refractivity contribution >= 4 is 0 Å². The van der Waals surface area contributed by atoms with Crippen LogP contribution in [0.25, 0.3) is 0 Å². The maximum Gasteiger partial charge on any atom is 0.133 e. The molecule has 0 fully saturated rings. The molecule has 0 radical (unpaired) electrons. The molecule has 4 heteroatoms. The molecule has 2 nitrogen and oxygen atoms in total. The van der Waals surface area contributed by atoms with Gasteiger partial charge in [-0.25, -0.2) is 8.78 Å². The fourth-order valence-electron chi connectivity index (χ4n) is 1.26. The lowest BCUT2D eigenvalue weighted by Crippen LogP contribution is -2.14. The van der Waals surface area contributed by atoms with Gasteiger partial charge in [0.25, 0.3) is 0 Å². The van der Waals surface area contributed by atoms with Gasteiger partial charge in [-0.1, -0.05) is 6.07 Å². The number of halogens is 2. The van der Waals surface area contributed by atoms with Gasteiger partial charge in [0.2, 0.25) is 0 Å². The molecule has 1 aromatic rings. The van der Waals surface area contributed by atoms with Crippen LogP contribution in [0.2, 0.25) is 0 Å². The van der Waals surface area contributed by atoms with Crippen molar-refractivity contribution in [3.8, 4) is 0 Å². The third kappa shape index (κ3) is 2.08. The number of hydrogen-bond acceptors (Lipinski definition) is 2. The quantitative estimate of drug-likeness (QED) is 0.781. The summed E-state index contributed by atoms with van der Waals surface area (Å²) in [6, 6.07) is 1.92. The molecule has 0 heterocycles. The van der Waals surface area contributed by atoms with Crippen LogP contribution in [0.15, 0.2) is 12.1 Å². The first kappa shape index (κ1) is 11.1. The zero-order valence-corrected chi connectivity index (χ0v) is 7.93. The number of benzene rings is 1. The average Bonchev–Trinajstić information content (AvgIpc) is 2.15. The molecule has 1 rings (SSSR count). The lowest BCUT2D eigenvalue weighted by Gasteiger charge is -2.12. The van der Waals surface area contributed by atoms with E-state index < -0.39 is 17.7 Å². The van der Waals surface area contributed by atoms with Crippen molar-refractivity contribution in [1.82, 2.24) is 0 Å². The normalized spacial score (nSPS) is 12.9. The van der Waals surface area contributed by atoms with Gasteiger partial charge in [-0.05, 0) is 19.4 Å². The minimum atomic E-state index is -0.619. The van der Waals surface area contributed by atoms with Crippen molar-refractivity contribution in [2.24, 2.45) is 5.73 Å². The Balaban J connectivity index is 3.04. The SMILES string of the molecule is Cc1c(F)ccc(C(N)CCO)c1F. The van der Waals surface area contributed by atoms with E-state index >= 15 is 0 Å². The van der Waals surface area contributed by atoms with Crippen LogP contribution in [0.5, 0.6) is 0 Å². The van der Waals surface area contributed by atoms with Gasteiger partial charge in [-0.3, -0.25) is 0 Å². The lowest BCUT2D eigenvalue weighted by molar-refractivity contribution is 0.275. The highest BCUT2D eigenvalue weighted by Crippen LogP contribution is 2.22. The summed E-state index contributed by atoms with van der Waals surface area (Å²) < 4.78 is 26.3. The summed E-state index contributed by atoms with van der Waals surface area (Å²) >= 11 is 0. The molecule has 1 atom stereocenters. The summed E-state index contributed by atoms with van der Waals surface area (Å²) in [5.41, 5.74) is 5.82. The minimum absolute atomic E-state index is 0.0316. The molecule has 0 spiro atoms. The Morgan fingerprint density at radius 3 is 2.64 bits per heavy atom. The lowest BCUT2D eigenvalue weighted by atomic mass is 10.0. The highest BCUT2D eigenvalue weighted by Gasteiger charge is 2.14. The number of hydrogen-bond donors (Lipinski definition) is 2. The van der Waals surface area contributed by atoms with Crippen LogP contribution >= 0.6 is 0 Å². The molecule has 0 aromatic heterocycles. The largest absolute Gasteiger partial charge is 0.396 e. The number of aliphatic hydroxyl groups excluding tert-OH is 1. The van der Waals surface area contributed by atoms with E-state index in [-0.39, 0.29) is 24.2 Å². The first-order chi connectivity index (χ1) is 6.57. The molecule has 14 heavy (non-hydrogen) atoms. The first-order valence-corrected chi connectivity index (χ1v) is 4.39. The van der Waals surface area contributed by atoms with Gasteiger partial charge in [0.1, 0.15) is 11.6 Å². The Kier molecular flexibility index (Phi) is 3.55. The van der Waals surface area contributed by atoms with E-state index in [0.717, 1.165) is 0 Å². The Bertz CT molecular complexity index is 328. The average molecular weight is 201 g/mol. The van der Waals surface area contributed by atoms with Gasteiger partial charge < -0.3 is 10.8 Å². The molecule has 78 valence electrons. The molecule has 0 aliphatic carbocycles. The van der Waals surface area contributed by atoms with Crippen LogP contribution in [0.3, 0.4) is 0 Å². The molecule has 0 bridgehead atoms. The third-order valence-corrected chi connectivity index (χ3v) is 2.19. The zero-order chi connectivity index (χ0) is 10.7. The van der Waals surface area contributed by atoms with Gasteiger partial charge in [-0.15, -0.1) is 0 Å². The second-order valence-corrected chi connectivity index (χ2v) is 3.19. The van der Waals surface area contributed by atoms with Crippen LogP contribution in [0.1, 0.15) is 23.6 Å². The summed E-state index contributed by atoms with van der Waals surface area (Å²) in [6.45, 7) is 1.25. The van der Waals surface area contributed by atoms with Gasteiger partial charge >= 0.3 is 0 Å². The second kappa shape index (κ2) is 4.48. The van der Waals surface area contributed by atoms with E-state index in [2.05, 4.69) is 0 Å². The van der Waals surface area contributed by atoms with Crippen LogP contribution in [0.4, 0.5) is 8.78 Å². The van der Waals surface area contributed by atoms with E-state index in [1.807, 2.05) is 0 Å². The van der Waals surface area contributed by atoms with Crippen molar-refractivity contribution in [3.63, 3.8) is 0 Å². The van der Waals surface area contributed by atoms with Gasteiger partial charge in [0.05, 0.1) is 0 Å². The summed E-state index contributed by atoms with van der Waals surface area (Å²) in [5.74, 6) is -1.20. The summed E-state index contributed by atoms with van der Waals surface area (Å²) in [4.78, 5) is 0. The van der Waals surface area contributed by atoms with Crippen LogP contribution in [-0.2, 0) is 0 Å². The fourth-order valence-corrected chi connectivity index (χ4v) is 1.26.